The number of piperidine rings is 1. The average molecular weight is 283 g/mol. The lowest BCUT2D eigenvalue weighted by Gasteiger charge is -2.35. The highest BCUT2D eigenvalue weighted by molar-refractivity contribution is 5.76. The number of rotatable bonds is 9. The van der Waals surface area contributed by atoms with Crippen molar-refractivity contribution in [2.75, 3.05) is 13.1 Å². The van der Waals surface area contributed by atoms with Crippen LogP contribution in [0.4, 0.5) is 0 Å². The Bertz CT molecular complexity index is 268. The van der Waals surface area contributed by atoms with Crippen LogP contribution in [0.15, 0.2) is 0 Å². The van der Waals surface area contributed by atoms with Crippen LogP contribution in [0.1, 0.15) is 78.1 Å². The van der Waals surface area contributed by atoms with Crippen molar-refractivity contribution >= 4 is 5.91 Å². The second kappa shape index (κ2) is 10.2. The lowest BCUT2D eigenvalue weighted by molar-refractivity contribution is -0.135. The molecule has 1 aliphatic heterocycles. The minimum absolute atomic E-state index is 0.206. The van der Waals surface area contributed by atoms with Gasteiger partial charge in [0.2, 0.25) is 5.91 Å². The number of carbonyl (C=O) groups excluding carboxylic acids is 1. The van der Waals surface area contributed by atoms with Crippen molar-refractivity contribution < 1.29 is 9.90 Å². The maximum absolute atomic E-state index is 12.1. The predicted molar refractivity (Wildman–Crippen MR) is 83.6 cm³/mol. The largest absolute Gasteiger partial charge is 0.393 e. The molecule has 1 fully saturated rings. The number of amides is 1. The number of hydrogen-bond donors (Lipinski definition) is 1. The number of carbonyl (C=O) groups is 1. The van der Waals surface area contributed by atoms with Crippen LogP contribution in [0.25, 0.3) is 0 Å². The number of hydrogen-bond acceptors (Lipinski definition) is 2. The van der Waals surface area contributed by atoms with E-state index in [1.807, 2.05) is 4.90 Å². The van der Waals surface area contributed by atoms with E-state index in [-0.39, 0.29) is 12.0 Å². The van der Waals surface area contributed by atoms with Gasteiger partial charge in [0, 0.05) is 25.4 Å². The third kappa shape index (κ3) is 6.25. The normalized spacial score (nSPS) is 23.1. The number of unbranched alkanes of at least 4 members (excludes halogenated alkanes) is 6. The maximum Gasteiger partial charge on any atom is 0.222 e. The minimum Gasteiger partial charge on any atom is -0.393 e. The molecule has 1 heterocycles. The summed E-state index contributed by atoms with van der Waals surface area (Å²) < 4.78 is 0. The van der Waals surface area contributed by atoms with Crippen molar-refractivity contribution in [1.82, 2.24) is 4.90 Å². The molecule has 20 heavy (non-hydrogen) atoms. The van der Waals surface area contributed by atoms with Crippen LogP contribution in [0, 0.1) is 5.92 Å². The lowest BCUT2D eigenvalue weighted by atomic mass is 9.92. The molecule has 0 spiro atoms. The molecular weight excluding hydrogens is 250 g/mol. The maximum atomic E-state index is 12.1. The first-order valence-electron chi connectivity index (χ1n) is 8.64. The van der Waals surface area contributed by atoms with E-state index >= 15 is 0 Å². The molecule has 0 saturated carbocycles. The Kier molecular flexibility index (Phi) is 8.92. The van der Waals surface area contributed by atoms with E-state index in [1.165, 1.54) is 38.5 Å². The highest BCUT2D eigenvalue weighted by Gasteiger charge is 2.28. The van der Waals surface area contributed by atoms with Crippen molar-refractivity contribution in [2.24, 2.45) is 5.92 Å². The summed E-state index contributed by atoms with van der Waals surface area (Å²) in [5.74, 6) is 0.575. The highest BCUT2D eigenvalue weighted by Crippen LogP contribution is 2.21. The van der Waals surface area contributed by atoms with Crippen molar-refractivity contribution in [3.63, 3.8) is 0 Å². The van der Waals surface area contributed by atoms with Crippen LogP contribution in [-0.2, 0) is 4.79 Å². The third-order valence-electron chi connectivity index (χ3n) is 4.57. The molecule has 0 aromatic carbocycles. The number of aliphatic hydroxyl groups excluding tert-OH is 1. The molecule has 0 aromatic heterocycles. The Hall–Kier alpha value is -0.570. The minimum atomic E-state index is -0.206. The molecule has 3 heteroatoms. The van der Waals surface area contributed by atoms with Gasteiger partial charge < -0.3 is 10.0 Å². The molecule has 1 rings (SSSR count). The van der Waals surface area contributed by atoms with Crippen LogP contribution >= 0.6 is 0 Å². The van der Waals surface area contributed by atoms with Gasteiger partial charge in [0.1, 0.15) is 0 Å². The Morgan fingerprint density at radius 3 is 2.40 bits per heavy atom. The second-order valence-corrected chi connectivity index (χ2v) is 6.24. The Morgan fingerprint density at radius 2 is 1.75 bits per heavy atom. The molecule has 2 unspecified atom stereocenters. The van der Waals surface area contributed by atoms with Crippen LogP contribution < -0.4 is 0 Å². The molecule has 0 bridgehead atoms. The van der Waals surface area contributed by atoms with E-state index in [0.717, 1.165) is 32.4 Å². The molecule has 2 atom stereocenters. The fourth-order valence-electron chi connectivity index (χ4n) is 3.04. The van der Waals surface area contributed by atoms with Gasteiger partial charge in [0.25, 0.3) is 0 Å². The molecule has 1 N–H and O–H groups in total. The van der Waals surface area contributed by atoms with Gasteiger partial charge in [-0.1, -0.05) is 52.4 Å². The zero-order valence-corrected chi connectivity index (χ0v) is 13.4. The summed E-state index contributed by atoms with van der Waals surface area (Å²) in [7, 11) is 0. The molecule has 118 valence electrons. The summed E-state index contributed by atoms with van der Waals surface area (Å²) in [6, 6.07) is 0. The van der Waals surface area contributed by atoms with Gasteiger partial charge in [-0.25, -0.2) is 0 Å². The van der Waals surface area contributed by atoms with Crippen LogP contribution in [0.2, 0.25) is 0 Å². The monoisotopic (exact) mass is 283 g/mol. The van der Waals surface area contributed by atoms with E-state index < -0.39 is 0 Å². The summed E-state index contributed by atoms with van der Waals surface area (Å²) in [5.41, 5.74) is 0. The van der Waals surface area contributed by atoms with Crippen LogP contribution in [0.5, 0.6) is 0 Å². The zero-order valence-electron chi connectivity index (χ0n) is 13.4. The van der Waals surface area contributed by atoms with E-state index in [9.17, 15) is 9.90 Å². The zero-order chi connectivity index (χ0) is 14.8. The van der Waals surface area contributed by atoms with E-state index in [1.54, 1.807) is 0 Å². The first kappa shape index (κ1) is 17.5. The van der Waals surface area contributed by atoms with Crippen molar-refractivity contribution in [3.8, 4) is 0 Å². The van der Waals surface area contributed by atoms with Crippen molar-refractivity contribution in [3.05, 3.63) is 0 Å². The molecule has 0 aliphatic carbocycles. The first-order chi connectivity index (χ1) is 9.69. The molecule has 1 aliphatic rings. The van der Waals surface area contributed by atoms with E-state index in [4.69, 9.17) is 0 Å². The quantitative estimate of drug-likeness (QED) is 0.655. The van der Waals surface area contributed by atoms with Gasteiger partial charge in [-0.15, -0.1) is 0 Å². The van der Waals surface area contributed by atoms with Gasteiger partial charge in [-0.05, 0) is 19.3 Å². The van der Waals surface area contributed by atoms with Gasteiger partial charge in [-0.3, -0.25) is 4.79 Å². The fourth-order valence-corrected chi connectivity index (χ4v) is 3.04. The first-order valence-corrected chi connectivity index (χ1v) is 8.64. The molecule has 1 amide bonds. The topological polar surface area (TPSA) is 40.5 Å². The number of aliphatic hydroxyl groups is 1. The van der Waals surface area contributed by atoms with Gasteiger partial charge in [0.15, 0.2) is 0 Å². The third-order valence-corrected chi connectivity index (χ3v) is 4.57. The van der Waals surface area contributed by atoms with Crippen LogP contribution in [-0.4, -0.2) is 35.1 Å². The van der Waals surface area contributed by atoms with Crippen molar-refractivity contribution in [2.45, 2.75) is 84.2 Å². The standard InChI is InChI=1S/C17H33NO2/c1-3-5-6-7-8-9-10-11-17(20)18-13-12-16(19)15(4-2)14-18/h15-16,19H,3-14H2,1-2H3. The van der Waals surface area contributed by atoms with Gasteiger partial charge >= 0.3 is 0 Å². The average Bonchev–Trinajstić information content (AvgIpc) is 2.46. The highest BCUT2D eigenvalue weighted by atomic mass is 16.3. The number of nitrogens with zero attached hydrogens (tertiary/aromatic N) is 1. The molecule has 1 saturated heterocycles. The molecule has 0 aromatic rings. The summed E-state index contributed by atoms with van der Waals surface area (Å²) in [4.78, 5) is 14.1. The Balaban J connectivity index is 2.10. The van der Waals surface area contributed by atoms with E-state index in [2.05, 4.69) is 13.8 Å². The molecule has 0 radical (unpaired) electrons. The second-order valence-electron chi connectivity index (χ2n) is 6.24. The molecular formula is C17H33NO2. The van der Waals surface area contributed by atoms with E-state index in [0.29, 0.717) is 12.3 Å². The molecule has 3 nitrogen and oxygen atoms in total. The lowest BCUT2D eigenvalue weighted by Crippen LogP contribution is -2.45. The predicted octanol–water partition coefficient (Wildman–Crippen LogP) is 3.75. The summed E-state index contributed by atoms with van der Waals surface area (Å²) in [6.45, 7) is 5.83. The van der Waals surface area contributed by atoms with Crippen molar-refractivity contribution in [1.29, 1.82) is 0 Å². The fraction of sp³-hybridized carbons (Fsp3) is 0.941. The SMILES string of the molecule is CCCCCCCCCC(=O)N1CCC(O)C(CC)C1. The summed E-state index contributed by atoms with van der Waals surface area (Å²) in [6.07, 6.45) is 11.0. The summed E-state index contributed by atoms with van der Waals surface area (Å²) >= 11 is 0. The number of likely N-dealkylation sites (tertiary alicyclic amines) is 1. The summed E-state index contributed by atoms with van der Waals surface area (Å²) in [5, 5.41) is 9.85. The smallest absolute Gasteiger partial charge is 0.222 e. The van der Waals surface area contributed by atoms with Gasteiger partial charge in [-0.2, -0.15) is 0 Å². The van der Waals surface area contributed by atoms with Crippen LogP contribution in [0.3, 0.4) is 0 Å². The van der Waals surface area contributed by atoms with Gasteiger partial charge in [0.05, 0.1) is 6.10 Å². The Labute approximate surface area is 124 Å². The Morgan fingerprint density at radius 1 is 1.10 bits per heavy atom.